The summed E-state index contributed by atoms with van der Waals surface area (Å²) in [6.07, 6.45) is 8.32. The lowest BCUT2D eigenvalue weighted by Crippen LogP contribution is -2.30. The number of hydrogen-bond donors (Lipinski definition) is 1. The van der Waals surface area contributed by atoms with Crippen LogP contribution in [0.25, 0.3) is 0 Å². The van der Waals surface area contributed by atoms with Gasteiger partial charge in [0.2, 0.25) is 5.91 Å². The van der Waals surface area contributed by atoms with Gasteiger partial charge in [-0.05, 0) is 67.5 Å². The van der Waals surface area contributed by atoms with Gasteiger partial charge in [-0.15, -0.1) is 0 Å². The highest BCUT2D eigenvalue weighted by atomic mass is 32.2. The molecule has 1 aromatic carbocycles. The van der Waals surface area contributed by atoms with Crippen LogP contribution >= 0.6 is 11.8 Å². The van der Waals surface area contributed by atoms with Gasteiger partial charge in [-0.2, -0.15) is 4.98 Å². The van der Waals surface area contributed by atoms with Crippen LogP contribution in [0.2, 0.25) is 0 Å². The minimum absolute atomic E-state index is 0.0958. The van der Waals surface area contributed by atoms with E-state index in [0.29, 0.717) is 11.6 Å². The van der Waals surface area contributed by atoms with Crippen LogP contribution in [-0.2, 0) is 30.6 Å². The Balaban J connectivity index is 1.50. The quantitative estimate of drug-likeness (QED) is 0.451. The number of carbonyl (C=O) groups is 1. The molecule has 3 aromatic rings. The number of aromatic nitrogens is 3. The van der Waals surface area contributed by atoms with E-state index in [1.54, 1.807) is 17.0 Å². The van der Waals surface area contributed by atoms with Gasteiger partial charge in [0.15, 0.2) is 0 Å². The Morgan fingerprint density at radius 1 is 1.06 bits per heavy atom. The Bertz CT molecular complexity index is 1110. The molecule has 4 rings (SSSR count). The first kappa shape index (κ1) is 21.3. The fraction of sp³-hybridized carbons (Fsp3) is 0.333. The van der Waals surface area contributed by atoms with Crippen LogP contribution in [0.15, 0.2) is 58.6 Å². The summed E-state index contributed by atoms with van der Waals surface area (Å²) in [5.41, 5.74) is 4.96. The van der Waals surface area contributed by atoms with E-state index in [1.807, 2.05) is 36.4 Å². The van der Waals surface area contributed by atoms with E-state index in [9.17, 15) is 9.59 Å². The molecule has 0 unspecified atom stereocenters. The van der Waals surface area contributed by atoms with Gasteiger partial charge in [0.25, 0.3) is 0 Å². The van der Waals surface area contributed by atoms with Crippen molar-refractivity contribution in [3.05, 3.63) is 81.7 Å². The van der Waals surface area contributed by atoms with E-state index in [4.69, 9.17) is 0 Å². The number of hydrogen-bond acceptors (Lipinski definition) is 5. The summed E-state index contributed by atoms with van der Waals surface area (Å²) in [5.74, 6) is 0.129. The normalized spacial score (nSPS) is 12.9. The molecule has 2 heterocycles. The number of amides is 1. The third-order valence-corrected chi connectivity index (χ3v) is 6.54. The average molecular weight is 435 g/mol. The van der Waals surface area contributed by atoms with E-state index < -0.39 is 0 Å². The zero-order valence-corrected chi connectivity index (χ0v) is 18.5. The van der Waals surface area contributed by atoms with Crippen LogP contribution in [-0.4, -0.2) is 26.2 Å². The molecule has 0 fully saturated rings. The number of nitrogens with zero attached hydrogens (tertiary/aromatic N) is 3. The Morgan fingerprint density at radius 2 is 1.81 bits per heavy atom. The van der Waals surface area contributed by atoms with Gasteiger partial charge >= 0.3 is 5.69 Å². The van der Waals surface area contributed by atoms with Crippen LogP contribution < -0.4 is 11.0 Å². The highest BCUT2D eigenvalue weighted by molar-refractivity contribution is 8.00. The summed E-state index contributed by atoms with van der Waals surface area (Å²) in [4.78, 5) is 33.7. The fourth-order valence-corrected chi connectivity index (χ4v) is 4.73. The van der Waals surface area contributed by atoms with Crippen molar-refractivity contribution < 1.29 is 4.79 Å². The largest absolute Gasteiger partial charge is 0.349 e. The lowest BCUT2D eigenvalue weighted by Gasteiger charge is -2.22. The molecule has 0 radical (unpaired) electrons. The Morgan fingerprint density at radius 3 is 2.55 bits per heavy atom. The number of aryl methyl sites for hydroxylation is 1. The molecule has 6 nitrogen and oxygen atoms in total. The van der Waals surface area contributed by atoms with Crippen LogP contribution in [0.3, 0.4) is 0 Å². The van der Waals surface area contributed by atoms with Gasteiger partial charge in [-0.25, -0.2) is 4.79 Å². The molecule has 1 N–H and O–H groups in total. The molecule has 0 saturated carbocycles. The molecule has 0 atom stereocenters. The van der Waals surface area contributed by atoms with Gasteiger partial charge in [-0.3, -0.25) is 14.3 Å². The SMILES string of the molecule is CCc1ccc(NC(=O)CSc2nc(=O)n(Cc3ccncc3)c3c2CCCC3)cc1. The molecule has 160 valence electrons. The molecule has 7 heteroatoms. The summed E-state index contributed by atoms with van der Waals surface area (Å²) in [5, 5.41) is 3.62. The van der Waals surface area contributed by atoms with Crippen molar-refractivity contribution >= 4 is 23.4 Å². The van der Waals surface area contributed by atoms with Crippen LogP contribution in [0.1, 0.15) is 42.1 Å². The maximum atomic E-state index is 12.8. The van der Waals surface area contributed by atoms with Gasteiger partial charge in [-0.1, -0.05) is 30.8 Å². The summed E-state index contributed by atoms with van der Waals surface area (Å²) in [7, 11) is 0. The van der Waals surface area contributed by atoms with Gasteiger partial charge in [0.1, 0.15) is 5.03 Å². The number of anilines is 1. The predicted molar refractivity (Wildman–Crippen MR) is 124 cm³/mol. The number of pyridine rings is 1. The molecule has 0 aliphatic heterocycles. The van der Waals surface area contributed by atoms with Crippen LogP contribution in [0, 0.1) is 0 Å². The highest BCUT2D eigenvalue weighted by Crippen LogP contribution is 2.29. The molecular formula is C24H26N4O2S. The lowest BCUT2D eigenvalue weighted by atomic mass is 9.97. The summed E-state index contributed by atoms with van der Waals surface area (Å²) in [6, 6.07) is 11.7. The third kappa shape index (κ3) is 5.22. The first-order chi connectivity index (χ1) is 15.1. The Hall–Kier alpha value is -2.93. The van der Waals surface area contributed by atoms with Crippen molar-refractivity contribution in [1.82, 2.24) is 14.5 Å². The van der Waals surface area contributed by atoms with Crippen LogP contribution in [0.5, 0.6) is 0 Å². The maximum absolute atomic E-state index is 12.8. The minimum atomic E-state index is -0.254. The van der Waals surface area contributed by atoms with E-state index in [1.165, 1.54) is 17.3 Å². The molecule has 0 saturated heterocycles. The summed E-state index contributed by atoms with van der Waals surface area (Å²) < 4.78 is 1.78. The third-order valence-electron chi connectivity index (χ3n) is 5.53. The zero-order chi connectivity index (χ0) is 21.6. The second kappa shape index (κ2) is 9.92. The Labute approximate surface area is 186 Å². The number of fused-ring (bicyclic) bond motifs is 1. The first-order valence-corrected chi connectivity index (χ1v) is 11.7. The van der Waals surface area contributed by atoms with E-state index >= 15 is 0 Å². The monoisotopic (exact) mass is 434 g/mol. The number of thioether (sulfide) groups is 1. The van der Waals surface area contributed by atoms with Gasteiger partial charge in [0, 0.05) is 29.3 Å². The number of nitrogens with one attached hydrogen (secondary N) is 1. The second-order valence-corrected chi connectivity index (χ2v) is 8.62. The van der Waals surface area contributed by atoms with Crippen molar-refractivity contribution in [2.75, 3.05) is 11.1 Å². The molecular weight excluding hydrogens is 408 g/mol. The summed E-state index contributed by atoms with van der Waals surface area (Å²) >= 11 is 1.35. The predicted octanol–water partition coefficient (Wildman–Crippen LogP) is 3.86. The van der Waals surface area contributed by atoms with Crippen molar-refractivity contribution in [2.45, 2.75) is 50.6 Å². The molecule has 1 amide bonds. The van der Waals surface area contributed by atoms with Crippen LogP contribution in [0.4, 0.5) is 5.69 Å². The standard InChI is InChI=1S/C24H26N4O2S/c1-2-17-7-9-19(10-8-17)26-22(29)16-31-23-20-5-3-4-6-21(20)28(24(30)27-23)15-18-11-13-25-14-12-18/h7-14H,2-6,15-16H2,1H3,(H,26,29). The number of carbonyl (C=O) groups excluding carboxylic acids is 1. The maximum Gasteiger partial charge on any atom is 0.349 e. The molecule has 2 aromatic heterocycles. The van der Waals surface area contributed by atoms with Gasteiger partial charge in [0.05, 0.1) is 12.3 Å². The first-order valence-electron chi connectivity index (χ1n) is 10.7. The number of benzene rings is 1. The molecule has 0 spiro atoms. The van der Waals surface area contributed by atoms with E-state index in [0.717, 1.165) is 54.6 Å². The summed E-state index contributed by atoms with van der Waals surface area (Å²) in [6.45, 7) is 2.60. The van der Waals surface area contributed by atoms with Gasteiger partial charge < -0.3 is 5.32 Å². The fourth-order valence-electron chi connectivity index (χ4n) is 3.86. The molecule has 31 heavy (non-hydrogen) atoms. The zero-order valence-electron chi connectivity index (χ0n) is 17.6. The minimum Gasteiger partial charge on any atom is -0.325 e. The number of rotatable bonds is 7. The Kier molecular flexibility index (Phi) is 6.82. The molecule has 0 bridgehead atoms. The van der Waals surface area contributed by atoms with E-state index in [2.05, 4.69) is 22.2 Å². The van der Waals surface area contributed by atoms with Crippen molar-refractivity contribution in [3.63, 3.8) is 0 Å². The topological polar surface area (TPSA) is 76.9 Å². The van der Waals surface area contributed by atoms with Crippen molar-refractivity contribution in [2.24, 2.45) is 0 Å². The van der Waals surface area contributed by atoms with Crippen molar-refractivity contribution in [3.8, 4) is 0 Å². The average Bonchev–Trinajstić information content (AvgIpc) is 2.81. The smallest absolute Gasteiger partial charge is 0.325 e. The highest BCUT2D eigenvalue weighted by Gasteiger charge is 2.21. The van der Waals surface area contributed by atoms with Crippen molar-refractivity contribution in [1.29, 1.82) is 0 Å². The van der Waals surface area contributed by atoms with E-state index in [-0.39, 0.29) is 17.3 Å². The lowest BCUT2D eigenvalue weighted by molar-refractivity contribution is -0.113. The second-order valence-electron chi connectivity index (χ2n) is 7.66. The molecule has 1 aliphatic carbocycles. The molecule has 1 aliphatic rings.